The molecule has 0 spiro atoms. The van der Waals surface area contributed by atoms with Crippen LogP contribution in [0.25, 0.3) is 16.5 Å². The highest BCUT2D eigenvalue weighted by Crippen LogP contribution is 2.32. The van der Waals surface area contributed by atoms with Crippen LogP contribution in [-0.2, 0) is 14.8 Å². The van der Waals surface area contributed by atoms with Crippen molar-refractivity contribution in [2.75, 3.05) is 26.2 Å². The molecule has 1 fully saturated rings. The third-order valence-corrected chi connectivity index (χ3v) is 8.92. The van der Waals surface area contributed by atoms with E-state index in [0.29, 0.717) is 44.6 Å². The van der Waals surface area contributed by atoms with Gasteiger partial charge in [0.15, 0.2) is 5.76 Å². The van der Waals surface area contributed by atoms with Crippen molar-refractivity contribution < 1.29 is 22.1 Å². The summed E-state index contributed by atoms with van der Waals surface area (Å²) >= 11 is 0. The molecule has 2 aromatic heterocycles. The minimum absolute atomic E-state index is 0.0186. The van der Waals surface area contributed by atoms with Gasteiger partial charge >= 0.3 is 0 Å². The Labute approximate surface area is 197 Å². The number of aryl methyl sites for hydroxylation is 2. The number of carbonyl (C=O) groups excluding carboxylic acids is 1. The van der Waals surface area contributed by atoms with Crippen LogP contribution in [0, 0.1) is 25.6 Å². The van der Waals surface area contributed by atoms with Crippen molar-refractivity contribution in [2.24, 2.45) is 5.92 Å². The number of hydrogen-bond donors (Lipinski definition) is 1. The quantitative estimate of drug-likeness (QED) is 0.607. The number of aromatic amines is 1. The number of aromatic nitrogens is 2. The van der Waals surface area contributed by atoms with Gasteiger partial charge in [-0.25, -0.2) is 12.8 Å². The number of carbonyl (C=O) groups is 1. The van der Waals surface area contributed by atoms with Gasteiger partial charge in [0.1, 0.15) is 16.4 Å². The van der Waals surface area contributed by atoms with Crippen LogP contribution in [0.3, 0.4) is 0 Å². The molecule has 180 valence electrons. The van der Waals surface area contributed by atoms with E-state index in [-0.39, 0.29) is 34.8 Å². The molecule has 0 unspecified atom stereocenters. The fourth-order valence-electron chi connectivity index (χ4n) is 5.07. The minimum atomic E-state index is -3.78. The van der Waals surface area contributed by atoms with Gasteiger partial charge in [-0.15, -0.1) is 0 Å². The zero-order chi connectivity index (χ0) is 24.0. The molecule has 5 rings (SSSR count). The highest BCUT2D eigenvalue weighted by Gasteiger charge is 2.37. The second kappa shape index (κ2) is 8.66. The van der Waals surface area contributed by atoms with Crippen LogP contribution < -0.4 is 0 Å². The van der Waals surface area contributed by atoms with Crippen LogP contribution in [-0.4, -0.2) is 59.8 Å². The first-order valence-corrected chi connectivity index (χ1v) is 12.9. The lowest BCUT2D eigenvalue weighted by atomic mass is 9.95. The predicted molar refractivity (Wildman–Crippen MR) is 125 cm³/mol. The number of rotatable bonds is 4. The van der Waals surface area contributed by atoms with Crippen molar-refractivity contribution in [1.82, 2.24) is 19.3 Å². The highest BCUT2D eigenvalue weighted by atomic mass is 32.2. The minimum Gasteiger partial charge on any atom is -0.360 e. The summed E-state index contributed by atoms with van der Waals surface area (Å²) in [4.78, 5) is 18.3. The SMILES string of the molecule is Cc1noc(C)c1S(=O)(=O)N1CCC[C@@H](C(=O)N2CC=C(c3c[nH]c4cc(F)ccc34)CC2)C1. The van der Waals surface area contributed by atoms with E-state index in [2.05, 4.69) is 10.1 Å². The molecule has 10 heteroatoms. The third-order valence-electron chi connectivity index (χ3n) is 6.81. The van der Waals surface area contributed by atoms with E-state index in [4.69, 9.17) is 4.52 Å². The van der Waals surface area contributed by atoms with Gasteiger partial charge in [0.05, 0.1) is 5.92 Å². The van der Waals surface area contributed by atoms with Crippen molar-refractivity contribution in [1.29, 1.82) is 0 Å². The van der Waals surface area contributed by atoms with Gasteiger partial charge in [-0.05, 0) is 56.9 Å². The Balaban J connectivity index is 1.29. The third kappa shape index (κ3) is 3.94. The average Bonchev–Trinajstić information content (AvgIpc) is 3.41. The lowest BCUT2D eigenvalue weighted by molar-refractivity contribution is -0.136. The van der Waals surface area contributed by atoms with Gasteiger partial charge in [0, 0.05) is 48.8 Å². The first-order valence-electron chi connectivity index (χ1n) is 11.4. The standard InChI is InChI=1S/C24H27FN4O4S/c1-15-23(16(2)33-27-15)34(31,32)29-9-3-4-18(14-29)24(30)28-10-7-17(8-11-28)21-13-26-22-12-19(25)5-6-20(21)22/h5-7,12-13,18,26H,3-4,8-11,14H2,1-2H3/t18-/m1/s1. The lowest BCUT2D eigenvalue weighted by Gasteiger charge is -2.35. The van der Waals surface area contributed by atoms with E-state index in [9.17, 15) is 17.6 Å². The molecule has 2 aliphatic heterocycles. The molecule has 0 bridgehead atoms. The number of piperidine rings is 1. The largest absolute Gasteiger partial charge is 0.360 e. The summed E-state index contributed by atoms with van der Waals surface area (Å²) in [5, 5.41) is 4.73. The Kier molecular flexibility index (Phi) is 5.81. The Morgan fingerprint density at radius 3 is 2.79 bits per heavy atom. The number of hydrogen-bond acceptors (Lipinski definition) is 5. The molecule has 0 radical (unpaired) electrons. The number of H-pyrrole nitrogens is 1. The molecule has 1 atom stereocenters. The fraction of sp³-hybridized carbons (Fsp3) is 0.417. The fourth-order valence-corrected chi connectivity index (χ4v) is 6.89. The lowest BCUT2D eigenvalue weighted by Crippen LogP contribution is -2.47. The summed E-state index contributed by atoms with van der Waals surface area (Å²) in [5.41, 5.74) is 3.22. The maximum Gasteiger partial charge on any atom is 0.248 e. The highest BCUT2D eigenvalue weighted by molar-refractivity contribution is 7.89. The van der Waals surface area contributed by atoms with Gasteiger partial charge in [-0.1, -0.05) is 11.2 Å². The summed E-state index contributed by atoms with van der Waals surface area (Å²) in [6.07, 6.45) is 5.89. The molecule has 1 saturated heterocycles. The summed E-state index contributed by atoms with van der Waals surface area (Å²) in [7, 11) is -3.78. The molecule has 4 heterocycles. The van der Waals surface area contributed by atoms with Crippen LogP contribution >= 0.6 is 0 Å². The van der Waals surface area contributed by atoms with Crippen LogP contribution in [0.2, 0.25) is 0 Å². The smallest absolute Gasteiger partial charge is 0.248 e. The molecule has 0 saturated carbocycles. The van der Waals surface area contributed by atoms with Crippen molar-refractivity contribution >= 4 is 32.4 Å². The van der Waals surface area contributed by atoms with E-state index in [1.165, 1.54) is 16.4 Å². The molecule has 8 nitrogen and oxygen atoms in total. The summed E-state index contributed by atoms with van der Waals surface area (Å²) in [5.74, 6) is -0.419. The van der Waals surface area contributed by atoms with Gasteiger partial charge in [-0.3, -0.25) is 4.79 Å². The Hall–Kier alpha value is -2.98. The first-order chi connectivity index (χ1) is 16.3. The molecule has 34 heavy (non-hydrogen) atoms. The Morgan fingerprint density at radius 1 is 1.26 bits per heavy atom. The van der Waals surface area contributed by atoms with Gasteiger partial charge in [0.25, 0.3) is 0 Å². The molecule has 1 N–H and O–H groups in total. The molecule has 0 aliphatic carbocycles. The maximum atomic E-state index is 13.5. The van der Waals surface area contributed by atoms with E-state index in [1.54, 1.807) is 24.8 Å². The van der Waals surface area contributed by atoms with Crippen molar-refractivity contribution in [2.45, 2.75) is 38.0 Å². The molecule has 3 aromatic rings. The van der Waals surface area contributed by atoms with E-state index in [0.717, 1.165) is 22.0 Å². The Morgan fingerprint density at radius 2 is 2.09 bits per heavy atom. The molecule has 2 aliphatic rings. The second-order valence-electron chi connectivity index (χ2n) is 9.01. The second-order valence-corrected chi connectivity index (χ2v) is 10.9. The van der Waals surface area contributed by atoms with Crippen molar-refractivity contribution in [3.63, 3.8) is 0 Å². The number of amides is 1. The molecule has 1 amide bonds. The number of nitrogens with zero attached hydrogens (tertiary/aromatic N) is 3. The number of halogens is 1. The van der Waals surface area contributed by atoms with Crippen molar-refractivity contribution in [3.05, 3.63) is 53.3 Å². The zero-order valence-electron chi connectivity index (χ0n) is 19.2. The van der Waals surface area contributed by atoms with Crippen LogP contribution in [0.4, 0.5) is 4.39 Å². The van der Waals surface area contributed by atoms with Gasteiger partial charge < -0.3 is 14.4 Å². The molecule has 1 aromatic carbocycles. The first kappa shape index (κ1) is 22.8. The maximum absolute atomic E-state index is 13.5. The normalized spacial score (nSPS) is 20.0. The number of benzene rings is 1. The van der Waals surface area contributed by atoms with Crippen LogP contribution in [0.15, 0.2) is 39.9 Å². The number of nitrogens with one attached hydrogen (secondary N) is 1. The molecular formula is C24H27FN4O4S. The number of sulfonamides is 1. The Bertz CT molecular complexity index is 1370. The monoisotopic (exact) mass is 486 g/mol. The summed E-state index contributed by atoms with van der Waals surface area (Å²) in [6.45, 7) is 4.76. The van der Waals surface area contributed by atoms with Crippen molar-refractivity contribution in [3.8, 4) is 0 Å². The average molecular weight is 487 g/mol. The number of fused-ring (bicyclic) bond motifs is 1. The summed E-state index contributed by atoms with van der Waals surface area (Å²) in [6, 6.07) is 4.69. The van der Waals surface area contributed by atoms with E-state index >= 15 is 0 Å². The van der Waals surface area contributed by atoms with Crippen LogP contribution in [0.1, 0.15) is 36.3 Å². The van der Waals surface area contributed by atoms with E-state index in [1.807, 2.05) is 12.3 Å². The van der Waals surface area contributed by atoms with E-state index < -0.39 is 10.0 Å². The topological polar surface area (TPSA) is 99.5 Å². The predicted octanol–water partition coefficient (Wildman–Crippen LogP) is 3.63. The van der Waals surface area contributed by atoms with Gasteiger partial charge in [-0.2, -0.15) is 4.31 Å². The van der Waals surface area contributed by atoms with Gasteiger partial charge in [0.2, 0.25) is 15.9 Å². The summed E-state index contributed by atoms with van der Waals surface area (Å²) < 4.78 is 46.3. The zero-order valence-corrected chi connectivity index (χ0v) is 20.0. The van der Waals surface area contributed by atoms with Crippen LogP contribution in [0.5, 0.6) is 0 Å². The molecular weight excluding hydrogens is 459 g/mol.